The van der Waals surface area contributed by atoms with Crippen LogP contribution in [0.3, 0.4) is 0 Å². The van der Waals surface area contributed by atoms with Gasteiger partial charge in [0.25, 0.3) is 0 Å². The maximum Gasteiger partial charge on any atom is 0.194 e. The van der Waals surface area contributed by atoms with E-state index in [2.05, 4.69) is 431 Å². The van der Waals surface area contributed by atoms with Gasteiger partial charge < -0.3 is 38.9 Å². The van der Waals surface area contributed by atoms with Crippen LogP contribution in [0.25, 0.3) is 33.4 Å². The molecule has 0 amide bonds. The SMILES string of the molecule is CSc1ccc(N(c2ccc(SC)cc2)c2ccc3c(c2)Oc2cc(N(c4ccc(SC)cc4)c4ccc(SC)cc4)ccc2N3c2ccc(-c3ccc4c(c3)C(=O)c3cc(-c5ccc(N6c7ccc(N(c8ccc(SC)cc8)c8ccc(SC)cc8)cc7Oc7cc(N(c8ccc(SC)cc8)c8ccc(SC)cc8)ccc76)cc5)ccc3-4)cc2)cc1. The van der Waals surface area contributed by atoms with Crippen LogP contribution in [0, 0.1) is 0 Å². The predicted molar refractivity (Wildman–Crippen MR) is 529 cm³/mol. The Morgan fingerprint density at radius 2 is 0.385 bits per heavy atom. The Labute approximate surface area is 747 Å². The first kappa shape index (κ1) is 80.1. The molecule has 0 radical (unpaired) electrons. The number of carbonyl (C=O) groups is 1. The van der Waals surface area contributed by atoms with E-state index in [-0.39, 0.29) is 5.78 Å². The number of hydrogen-bond donors (Lipinski definition) is 0. The molecule has 17 heteroatoms. The topological polar surface area (TPSA) is 55.0 Å². The molecular formula is C105H82N6O3S8. The summed E-state index contributed by atoms with van der Waals surface area (Å²) in [5.74, 6) is 2.86. The molecule has 0 fully saturated rings. The smallest absolute Gasteiger partial charge is 0.194 e. The first-order valence-electron chi connectivity index (χ1n) is 39.8. The fourth-order valence-corrected chi connectivity index (χ4v) is 19.6. The molecule has 16 aromatic carbocycles. The summed E-state index contributed by atoms with van der Waals surface area (Å²) < 4.78 is 14.6. The van der Waals surface area contributed by atoms with Crippen LogP contribution in [0.5, 0.6) is 23.0 Å². The van der Waals surface area contributed by atoms with Crippen molar-refractivity contribution in [3.05, 3.63) is 363 Å². The lowest BCUT2D eigenvalue weighted by Crippen LogP contribution is -2.18. The van der Waals surface area contributed by atoms with Gasteiger partial charge in [0.15, 0.2) is 28.8 Å². The van der Waals surface area contributed by atoms with Crippen LogP contribution in [0.15, 0.2) is 391 Å². The van der Waals surface area contributed by atoms with Crippen LogP contribution in [-0.4, -0.2) is 55.8 Å². The second-order valence-corrected chi connectivity index (χ2v) is 36.4. The molecule has 3 aliphatic rings. The number of thioether (sulfide) groups is 8. The van der Waals surface area contributed by atoms with Gasteiger partial charge in [0, 0.05) is 154 Å². The van der Waals surface area contributed by atoms with Crippen molar-refractivity contribution in [1.82, 2.24) is 0 Å². The third kappa shape index (κ3) is 15.7. The predicted octanol–water partition coefficient (Wildman–Crippen LogP) is 33.0. The normalized spacial score (nSPS) is 12.1. The number of nitrogens with zero attached hydrogens (tertiary/aromatic N) is 6. The minimum absolute atomic E-state index is 0.00700. The molecule has 598 valence electrons. The van der Waals surface area contributed by atoms with Crippen molar-refractivity contribution in [3.8, 4) is 56.4 Å². The molecule has 0 saturated heterocycles. The van der Waals surface area contributed by atoms with Crippen molar-refractivity contribution >= 4 is 202 Å². The Morgan fingerprint density at radius 3 is 0.582 bits per heavy atom. The van der Waals surface area contributed by atoms with Gasteiger partial charge in [-0.15, -0.1) is 94.1 Å². The lowest BCUT2D eigenvalue weighted by atomic mass is 9.97. The van der Waals surface area contributed by atoms with Crippen LogP contribution < -0.4 is 38.9 Å². The average molecular weight is 1730 g/mol. The number of fused-ring (bicyclic) bond motifs is 7. The van der Waals surface area contributed by atoms with E-state index in [1.807, 2.05) is 0 Å². The minimum Gasteiger partial charge on any atom is -0.453 e. The van der Waals surface area contributed by atoms with Crippen LogP contribution in [0.4, 0.5) is 102 Å². The van der Waals surface area contributed by atoms with E-state index in [0.29, 0.717) is 34.1 Å². The van der Waals surface area contributed by atoms with Crippen LogP contribution in [0.1, 0.15) is 15.9 Å². The van der Waals surface area contributed by atoms with E-state index >= 15 is 4.79 Å². The van der Waals surface area contributed by atoms with E-state index in [1.54, 1.807) is 94.1 Å². The molecule has 0 saturated carbocycles. The fourth-order valence-electron chi connectivity index (χ4n) is 16.4. The lowest BCUT2D eigenvalue weighted by Gasteiger charge is -2.35. The number of ether oxygens (including phenoxy) is 2. The Kier molecular flexibility index (Phi) is 23.0. The third-order valence-corrected chi connectivity index (χ3v) is 28.5. The molecule has 19 rings (SSSR count). The number of carbonyl (C=O) groups excluding carboxylic acids is 1. The molecule has 2 aliphatic heterocycles. The molecule has 122 heavy (non-hydrogen) atoms. The van der Waals surface area contributed by atoms with Gasteiger partial charge in [0.05, 0.1) is 22.7 Å². The molecule has 1 aliphatic carbocycles. The first-order chi connectivity index (χ1) is 59.9. The van der Waals surface area contributed by atoms with Crippen LogP contribution in [-0.2, 0) is 0 Å². The average Bonchev–Trinajstić information content (AvgIpc) is 1.42. The van der Waals surface area contributed by atoms with Crippen molar-refractivity contribution in [3.63, 3.8) is 0 Å². The maximum atomic E-state index is 15.1. The standard InChI is InChI=1S/C105H82N6O3S8/c1-115-85-39-19-71(20-40-85)106(72-21-41-86(116-2)42-22-72)81-35-57-97-101(63-81)113-102-64-82(107(73-23-43-87(117-3)44-24-73)74-25-45-88(118-4)46-26-74)36-58-98(102)110(97)79-15-9-67(10-16-79)69-13-55-93-94-56-14-70(62-96(94)105(112)95(93)61-69)68-11-17-80(18-12-68)111-99-59-37-83(108(75-27-47-89(119-5)48-28-75)76-29-49-90(120-6)50-30-76)65-103(99)114-104-66-84(38-60-100(104)111)109(77-31-51-91(121-7)52-32-77)78-33-53-92(122-8)54-34-78/h9-66H,1-8H3. The van der Waals surface area contributed by atoms with Gasteiger partial charge in [0.1, 0.15) is 0 Å². The molecular weight excluding hydrogens is 1650 g/mol. The maximum absolute atomic E-state index is 15.1. The van der Waals surface area contributed by atoms with Crippen molar-refractivity contribution in [2.24, 2.45) is 0 Å². The number of benzene rings is 16. The Bertz CT molecular complexity index is 5680. The van der Waals surface area contributed by atoms with Crippen molar-refractivity contribution < 1.29 is 14.3 Å². The summed E-state index contributed by atoms with van der Waals surface area (Å²) in [6.45, 7) is 0. The molecule has 9 nitrogen and oxygen atoms in total. The largest absolute Gasteiger partial charge is 0.453 e. The highest BCUT2D eigenvalue weighted by molar-refractivity contribution is 8.00. The van der Waals surface area contributed by atoms with Crippen LogP contribution >= 0.6 is 94.1 Å². The van der Waals surface area contributed by atoms with Gasteiger partial charge in [-0.05, 0) is 362 Å². The summed E-state index contributed by atoms with van der Waals surface area (Å²) in [5.41, 5.74) is 24.8. The summed E-state index contributed by atoms with van der Waals surface area (Å²) in [5, 5.41) is 0. The van der Waals surface area contributed by atoms with E-state index in [0.717, 1.165) is 136 Å². The second-order valence-electron chi connectivity index (χ2n) is 29.4. The summed E-state index contributed by atoms with van der Waals surface area (Å²) in [6.07, 6.45) is 16.9. The number of hydrogen-bond acceptors (Lipinski definition) is 17. The van der Waals surface area contributed by atoms with Gasteiger partial charge in [-0.25, -0.2) is 0 Å². The van der Waals surface area contributed by atoms with Crippen molar-refractivity contribution in [2.45, 2.75) is 39.2 Å². The van der Waals surface area contributed by atoms with Gasteiger partial charge in [-0.1, -0.05) is 48.5 Å². The highest BCUT2D eigenvalue weighted by Crippen LogP contribution is 2.58. The number of rotatable bonds is 24. The molecule has 0 N–H and O–H groups in total. The lowest BCUT2D eigenvalue weighted by molar-refractivity contribution is 0.104. The fraction of sp³-hybridized carbons (Fsp3) is 0.0762. The van der Waals surface area contributed by atoms with Gasteiger partial charge in [-0.3, -0.25) is 4.79 Å². The summed E-state index contributed by atoms with van der Waals surface area (Å²) >= 11 is 13.9. The molecule has 16 aromatic rings. The van der Waals surface area contributed by atoms with Gasteiger partial charge in [-0.2, -0.15) is 0 Å². The molecule has 0 unspecified atom stereocenters. The van der Waals surface area contributed by atoms with E-state index in [1.165, 1.54) is 39.2 Å². The summed E-state index contributed by atoms with van der Waals surface area (Å²) in [7, 11) is 0. The van der Waals surface area contributed by atoms with Crippen molar-refractivity contribution in [2.75, 3.05) is 79.4 Å². The molecule has 0 bridgehead atoms. The monoisotopic (exact) mass is 1730 g/mol. The van der Waals surface area contributed by atoms with Crippen LogP contribution in [0.2, 0.25) is 0 Å². The second kappa shape index (κ2) is 35.1. The summed E-state index contributed by atoms with van der Waals surface area (Å²) in [4.78, 5) is 38.5. The Morgan fingerprint density at radius 1 is 0.197 bits per heavy atom. The van der Waals surface area contributed by atoms with E-state index in [4.69, 9.17) is 9.47 Å². The van der Waals surface area contributed by atoms with E-state index < -0.39 is 0 Å². The number of ketones is 1. The van der Waals surface area contributed by atoms with Crippen molar-refractivity contribution in [1.29, 1.82) is 0 Å². The van der Waals surface area contributed by atoms with E-state index in [9.17, 15) is 0 Å². The Hall–Kier alpha value is -11.6. The number of anilines is 18. The first-order valence-corrected chi connectivity index (χ1v) is 49.6. The molecule has 0 atom stereocenters. The third-order valence-electron chi connectivity index (χ3n) is 22.6. The van der Waals surface area contributed by atoms with Gasteiger partial charge >= 0.3 is 0 Å². The highest BCUT2D eigenvalue weighted by Gasteiger charge is 2.34. The molecule has 0 spiro atoms. The molecule has 0 aromatic heterocycles. The Balaban J connectivity index is 0.644. The zero-order valence-electron chi connectivity index (χ0n) is 68.2. The minimum atomic E-state index is 0.00700. The van der Waals surface area contributed by atoms with Gasteiger partial charge in [0.2, 0.25) is 0 Å². The summed E-state index contributed by atoms with van der Waals surface area (Å²) in [6, 6.07) is 126. The molecule has 2 heterocycles. The zero-order valence-corrected chi connectivity index (χ0v) is 74.7. The highest BCUT2D eigenvalue weighted by atomic mass is 32.2. The quantitative estimate of drug-likeness (QED) is 0.0539. The zero-order chi connectivity index (χ0) is 83.1.